The van der Waals surface area contributed by atoms with E-state index in [1.807, 2.05) is 0 Å². The molecule has 8 heteroatoms. The molecule has 0 saturated carbocycles. The van der Waals surface area contributed by atoms with Gasteiger partial charge in [-0.25, -0.2) is 5.01 Å². The molecule has 2 rings (SSSR count). The van der Waals surface area contributed by atoms with E-state index in [0.29, 0.717) is 0 Å². The Bertz CT molecular complexity index is 800. The molecule has 1 heterocycles. The largest absolute Gasteiger partial charge is 0.291 e. The van der Waals surface area contributed by atoms with Gasteiger partial charge in [0.15, 0.2) is 0 Å². The highest BCUT2D eigenvalue weighted by molar-refractivity contribution is 5.98. The molecule has 25 heavy (non-hydrogen) atoms. The van der Waals surface area contributed by atoms with Gasteiger partial charge in [0.05, 0.1) is 10.5 Å². The lowest BCUT2D eigenvalue weighted by atomic mass is 10.1. The van der Waals surface area contributed by atoms with Gasteiger partial charge in [0.25, 0.3) is 17.5 Å². The van der Waals surface area contributed by atoms with Crippen LogP contribution >= 0.6 is 0 Å². The summed E-state index contributed by atoms with van der Waals surface area (Å²) in [5.41, 5.74) is 1.84. The fraction of sp³-hybridized carbons (Fsp3) is 0.235. The summed E-state index contributed by atoms with van der Waals surface area (Å²) >= 11 is 0. The summed E-state index contributed by atoms with van der Waals surface area (Å²) in [7, 11) is 0. The number of nitrogens with zero attached hydrogens (tertiary/aromatic N) is 3. The van der Waals surface area contributed by atoms with Gasteiger partial charge >= 0.3 is 0 Å². The molecule has 0 spiro atoms. The highest BCUT2D eigenvalue weighted by atomic mass is 16.6. The van der Waals surface area contributed by atoms with Crippen LogP contribution in [0.4, 0.5) is 5.69 Å². The van der Waals surface area contributed by atoms with E-state index in [1.165, 1.54) is 24.4 Å². The van der Waals surface area contributed by atoms with Crippen molar-refractivity contribution in [3.8, 4) is 0 Å². The van der Waals surface area contributed by atoms with E-state index < -0.39 is 22.3 Å². The van der Waals surface area contributed by atoms with E-state index in [4.69, 9.17) is 0 Å². The average Bonchev–Trinajstić information content (AvgIpc) is 2.58. The maximum absolute atomic E-state index is 12.7. The van der Waals surface area contributed by atoms with Crippen molar-refractivity contribution in [2.24, 2.45) is 0 Å². The summed E-state index contributed by atoms with van der Waals surface area (Å²) in [6, 6.07) is 10.2. The molecule has 0 unspecified atom stereocenters. The molecule has 8 nitrogen and oxygen atoms in total. The molecule has 1 N–H and O–H groups in total. The standard InChI is InChI=1S/C17H18N4O4/c1-17(2,3)20(16(23)14-9-4-5-10-18-14)19-15(22)12-7-6-8-13(11-12)21(24)25/h4-11H,1-3H3,(H,19,22). The van der Waals surface area contributed by atoms with Gasteiger partial charge in [0.1, 0.15) is 5.69 Å². The van der Waals surface area contributed by atoms with E-state index in [2.05, 4.69) is 10.4 Å². The summed E-state index contributed by atoms with van der Waals surface area (Å²) in [4.78, 5) is 39.4. The molecule has 0 bridgehead atoms. The first-order valence-corrected chi connectivity index (χ1v) is 7.51. The molecule has 2 aromatic rings. The van der Waals surface area contributed by atoms with Crippen LogP contribution in [0.15, 0.2) is 48.7 Å². The van der Waals surface area contributed by atoms with Gasteiger partial charge in [-0.15, -0.1) is 0 Å². The van der Waals surface area contributed by atoms with Crippen LogP contribution in [0.5, 0.6) is 0 Å². The van der Waals surface area contributed by atoms with E-state index in [-0.39, 0.29) is 16.9 Å². The van der Waals surface area contributed by atoms with Crippen molar-refractivity contribution in [2.75, 3.05) is 0 Å². The molecule has 0 radical (unpaired) electrons. The Hall–Kier alpha value is -3.29. The van der Waals surface area contributed by atoms with Crippen molar-refractivity contribution in [1.29, 1.82) is 0 Å². The predicted octanol–water partition coefficient (Wildman–Crippen LogP) is 2.58. The molecule has 0 fully saturated rings. The number of nitrogens with one attached hydrogen (secondary N) is 1. The first-order chi connectivity index (χ1) is 11.7. The lowest BCUT2D eigenvalue weighted by molar-refractivity contribution is -0.384. The number of aromatic nitrogens is 1. The Kier molecular flexibility index (Phi) is 5.11. The number of amides is 2. The van der Waals surface area contributed by atoms with Crippen LogP contribution < -0.4 is 5.43 Å². The number of non-ortho nitro benzene ring substituents is 1. The number of benzene rings is 1. The van der Waals surface area contributed by atoms with Gasteiger partial charge in [-0.3, -0.25) is 30.1 Å². The van der Waals surface area contributed by atoms with Crippen LogP contribution in [0.2, 0.25) is 0 Å². The molecule has 2 amide bonds. The zero-order valence-corrected chi connectivity index (χ0v) is 14.1. The zero-order chi connectivity index (χ0) is 18.6. The molecule has 0 aliphatic heterocycles. The Morgan fingerprint density at radius 2 is 1.88 bits per heavy atom. The Labute approximate surface area is 144 Å². The van der Waals surface area contributed by atoms with Crippen LogP contribution in [-0.2, 0) is 0 Å². The third-order valence-electron chi connectivity index (χ3n) is 3.29. The summed E-state index contributed by atoms with van der Waals surface area (Å²) in [6.45, 7) is 5.25. The van der Waals surface area contributed by atoms with Gasteiger partial charge in [-0.1, -0.05) is 12.1 Å². The Balaban J connectivity index is 2.29. The molecule has 0 aliphatic rings. The summed E-state index contributed by atoms with van der Waals surface area (Å²) < 4.78 is 0. The summed E-state index contributed by atoms with van der Waals surface area (Å²) in [5, 5.41) is 12.0. The molecule has 0 aliphatic carbocycles. The maximum Gasteiger partial charge on any atom is 0.291 e. The third-order valence-corrected chi connectivity index (χ3v) is 3.29. The van der Waals surface area contributed by atoms with Gasteiger partial charge < -0.3 is 0 Å². The van der Waals surface area contributed by atoms with Crippen LogP contribution in [0, 0.1) is 10.1 Å². The highest BCUT2D eigenvalue weighted by Crippen LogP contribution is 2.17. The van der Waals surface area contributed by atoms with Gasteiger partial charge in [-0.05, 0) is 39.0 Å². The summed E-state index contributed by atoms with van der Waals surface area (Å²) in [5.74, 6) is -1.10. The third kappa shape index (κ3) is 4.37. The molecule has 0 atom stereocenters. The minimum atomic E-state index is -0.731. The average molecular weight is 342 g/mol. The minimum Gasteiger partial charge on any atom is -0.267 e. The van der Waals surface area contributed by atoms with Crippen molar-refractivity contribution in [2.45, 2.75) is 26.3 Å². The predicted molar refractivity (Wildman–Crippen MR) is 90.7 cm³/mol. The second-order valence-corrected chi connectivity index (χ2v) is 6.27. The number of hydrogen-bond donors (Lipinski definition) is 1. The van der Waals surface area contributed by atoms with Crippen molar-refractivity contribution < 1.29 is 14.5 Å². The van der Waals surface area contributed by atoms with Crippen LogP contribution in [0.3, 0.4) is 0 Å². The number of nitro benzene ring substituents is 1. The van der Waals surface area contributed by atoms with E-state index in [0.717, 1.165) is 11.1 Å². The summed E-state index contributed by atoms with van der Waals surface area (Å²) in [6.07, 6.45) is 1.48. The molecular formula is C17H18N4O4. The van der Waals surface area contributed by atoms with E-state index in [9.17, 15) is 19.7 Å². The van der Waals surface area contributed by atoms with Crippen LogP contribution in [0.25, 0.3) is 0 Å². The SMILES string of the molecule is CC(C)(C)N(NC(=O)c1cccc([N+](=O)[O-])c1)C(=O)c1ccccn1. The van der Waals surface area contributed by atoms with Crippen molar-refractivity contribution in [3.05, 3.63) is 70.0 Å². The highest BCUT2D eigenvalue weighted by Gasteiger charge is 2.30. The molecule has 130 valence electrons. The van der Waals surface area contributed by atoms with Gasteiger partial charge in [-0.2, -0.15) is 0 Å². The monoisotopic (exact) mass is 342 g/mol. The van der Waals surface area contributed by atoms with E-state index >= 15 is 0 Å². The minimum absolute atomic E-state index is 0.0808. The number of pyridine rings is 1. The second kappa shape index (κ2) is 7.08. The van der Waals surface area contributed by atoms with Crippen LogP contribution in [0.1, 0.15) is 41.6 Å². The van der Waals surface area contributed by atoms with Gasteiger partial charge in [0.2, 0.25) is 0 Å². The second-order valence-electron chi connectivity index (χ2n) is 6.27. The molecule has 0 saturated heterocycles. The number of hydrogen-bond acceptors (Lipinski definition) is 5. The van der Waals surface area contributed by atoms with Crippen molar-refractivity contribution in [1.82, 2.24) is 15.4 Å². The number of carbonyl (C=O) groups excluding carboxylic acids is 2. The number of carbonyl (C=O) groups is 2. The number of hydrazine groups is 1. The van der Waals surface area contributed by atoms with Crippen molar-refractivity contribution >= 4 is 17.5 Å². The quantitative estimate of drug-likeness (QED) is 0.682. The molecular weight excluding hydrogens is 324 g/mol. The lowest BCUT2D eigenvalue weighted by Crippen LogP contribution is -2.56. The molecule has 1 aromatic carbocycles. The Morgan fingerprint density at radius 1 is 1.16 bits per heavy atom. The van der Waals surface area contributed by atoms with Crippen LogP contribution in [-0.4, -0.2) is 32.3 Å². The first kappa shape index (κ1) is 18.1. The number of rotatable bonds is 3. The normalized spacial score (nSPS) is 10.8. The Morgan fingerprint density at radius 3 is 2.44 bits per heavy atom. The fourth-order valence-corrected chi connectivity index (χ4v) is 2.05. The van der Waals surface area contributed by atoms with Gasteiger partial charge in [0, 0.05) is 23.9 Å². The first-order valence-electron chi connectivity index (χ1n) is 7.51. The number of nitro groups is 1. The van der Waals surface area contributed by atoms with Crippen molar-refractivity contribution in [3.63, 3.8) is 0 Å². The lowest BCUT2D eigenvalue weighted by Gasteiger charge is -2.35. The zero-order valence-electron chi connectivity index (χ0n) is 14.1. The topological polar surface area (TPSA) is 105 Å². The van der Waals surface area contributed by atoms with E-state index in [1.54, 1.807) is 39.0 Å². The fourth-order valence-electron chi connectivity index (χ4n) is 2.05. The maximum atomic E-state index is 12.7. The molecule has 1 aromatic heterocycles. The smallest absolute Gasteiger partial charge is 0.267 e.